The van der Waals surface area contributed by atoms with Gasteiger partial charge in [-0.05, 0) is 36.8 Å². The van der Waals surface area contributed by atoms with Crippen molar-refractivity contribution >= 4 is 6.03 Å². The van der Waals surface area contributed by atoms with E-state index in [2.05, 4.69) is 29.6 Å². The van der Waals surface area contributed by atoms with E-state index in [9.17, 15) is 4.79 Å². The van der Waals surface area contributed by atoms with E-state index < -0.39 is 0 Å². The van der Waals surface area contributed by atoms with E-state index in [4.69, 9.17) is 14.2 Å². The van der Waals surface area contributed by atoms with Gasteiger partial charge in [0.25, 0.3) is 0 Å². The van der Waals surface area contributed by atoms with Gasteiger partial charge in [-0.3, -0.25) is 0 Å². The first-order valence-electron chi connectivity index (χ1n) is 10.2. The molecule has 1 aromatic carbocycles. The number of amides is 2. The summed E-state index contributed by atoms with van der Waals surface area (Å²) in [5, 5.41) is 3.27. The maximum atomic E-state index is 13.0. The minimum absolute atomic E-state index is 0.0306. The molecule has 27 heavy (non-hydrogen) atoms. The Morgan fingerprint density at radius 3 is 2.96 bits per heavy atom. The number of carbonyl (C=O) groups excluding carboxylic acids is 1. The van der Waals surface area contributed by atoms with Crippen LogP contribution in [-0.2, 0) is 26.2 Å². The van der Waals surface area contributed by atoms with Gasteiger partial charge in [0.15, 0.2) is 0 Å². The van der Waals surface area contributed by atoms with E-state index in [1.54, 1.807) is 0 Å². The van der Waals surface area contributed by atoms with Crippen molar-refractivity contribution in [2.24, 2.45) is 0 Å². The third-order valence-corrected chi connectivity index (χ3v) is 6.67. The number of fused-ring (bicyclic) bond motifs is 2. The number of nitrogens with one attached hydrogen (secondary N) is 1. The van der Waals surface area contributed by atoms with Crippen molar-refractivity contribution < 1.29 is 19.0 Å². The molecule has 5 rings (SSSR count). The summed E-state index contributed by atoms with van der Waals surface area (Å²) in [5.41, 5.74) is 2.10. The number of urea groups is 1. The first-order valence-corrected chi connectivity index (χ1v) is 10.2. The lowest BCUT2D eigenvalue weighted by Gasteiger charge is -2.42. The van der Waals surface area contributed by atoms with Gasteiger partial charge in [-0.1, -0.05) is 24.3 Å². The third-order valence-electron chi connectivity index (χ3n) is 6.67. The number of carbonyl (C=O) groups is 1. The van der Waals surface area contributed by atoms with E-state index in [1.165, 1.54) is 11.1 Å². The topological polar surface area (TPSA) is 60.0 Å². The molecule has 146 valence electrons. The Kier molecular flexibility index (Phi) is 4.37. The molecule has 3 atom stereocenters. The van der Waals surface area contributed by atoms with Crippen LogP contribution in [0.2, 0.25) is 0 Å². The smallest absolute Gasteiger partial charge is 0.317 e. The molecule has 0 radical (unpaired) electrons. The fourth-order valence-corrected chi connectivity index (χ4v) is 5.21. The quantitative estimate of drug-likeness (QED) is 0.821. The van der Waals surface area contributed by atoms with Crippen LogP contribution in [0.15, 0.2) is 24.3 Å². The Bertz CT molecular complexity index is 714. The zero-order valence-electron chi connectivity index (χ0n) is 15.7. The maximum Gasteiger partial charge on any atom is 0.317 e. The van der Waals surface area contributed by atoms with Crippen molar-refractivity contribution in [1.29, 1.82) is 0 Å². The van der Waals surface area contributed by atoms with Crippen molar-refractivity contribution in [3.05, 3.63) is 35.4 Å². The second-order valence-electron chi connectivity index (χ2n) is 8.39. The summed E-state index contributed by atoms with van der Waals surface area (Å²) in [6.45, 7) is 3.96. The number of rotatable bonds is 1. The van der Waals surface area contributed by atoms with Gasteiger partial charge < -0.3 is 24.4 Å². The van der Waals surface area contributed by atoms with Crippen LogP contribution >= 0.6 is 0 Å². The lowest BCUT2D eigenvalue weighted by molar-refractivity contribution is -0.104. The van der Waals surface area contributed by atoms with Gasteiger partial charge in [0, 0.05) is 32.2 Å². The molecule has 3 fully saturated rings. The first-order chi connectivity index (χ1) is 13.2. The molecule has 6 heteroatoms. The van der Waals surface area contributed by atoms with Crippen molar-refractivity contribution in [2.75, 3.05) is 39.5 Å². The lowest BCUT2D eigenvalue weighted by Crippen LogP contribution is -2.57. The highest BCUT2D eigenvalue weighted by Crippen LogP contribution is 2.42. The molecule has 6 nitrogen and oxygen atoms in total. The highest BCUT2D eigenvalue weighted by Gasteiger charge is 2.45. The molecule has 2 spiro atoms. The van der Waals surface area contributed by atoms with Crippen LogP contribution in [0.1, 0.15) is 36.8 Å². The summed E-state index contributed by atoms with van der Waals surface area (Å²) in [5.74, 6) is 0. The number of ether oxygens (including phenoxy) is 3. The predicted octanol–water partition coefficient (Wildman–Crippen LogP) is 2.21. The van der Waals surface area contributed by atoms with E-state index in [1.807, 2.05) is 4.90 Å². The molecule has 4 aliphatic rings. The standard InChI is InChI=1S/C21H28N2O4/c24-19(22-17-6-10-26-20(13-17)8-11-25-15-20)23-9-12-27-21(14-23)7-5-16-3-1-2-4-18(16)21/h1-4,17H,5-15H2,(H,22,24). The van der Waals surface area contributed by atoms with Gasteiger partial charge in [-0.25, -0.2) is 4.79 Å². The van der Waals surface area contributed by atoms with E-state index in [-0.39, 0.29) is 23.3 Å². The molecule has 0 saturated carbocycles. The van der Waals surface area contributed by atoms with Gasteiger partial charge in [-0.2, -0.15) is 0 Å². The monoisotopic (exact) mass is 372 g/mol. The minimum atomic E-state index is -0.331. The average Bonchev–Trinajstić information content (AvgIpc) is 3.28. The van der Waals surface area contributed by atoms with Crippen LogP contribution in [0.3, 0.4) is 0 Å². The molecule has 1 aromatic rings. The number of hydrogen-bond donors (Lipinski definition) is 1. The molecule has 3 heterocycles. The van der Waals surface area contributed by atoms with Gasteiger partial charge in [0.1, 0.15) is 5.60 Å². The van der Waals surface area contributed by atoms with E-state index in [0.717, 1.165) is 38.7 Å². The number of benzene rings is 1. The molecule has 1 N–H and O–H groups in total. The van der Waals surface area contributed by atoms with Crippen LogP contribution in [-0.4, -0.2) is 62.1 Å². The Labute approximate surface area is 160 Å². The number of hydrogen-bond acceptors (Lipinski definition) is 4. The number of nitrogens with zero attached hydrogens (tertiary/aromatic N) is 1. The SMILES string of the molecule is O=C(NC1CCOC2(CCOC2)C1)N1CCOC2(CCc3ccccc32)C1. The molecule has 3 unspecified atom stereocenters. The molecule has 2 amide bonds. The normalized spacial score (nSPS) is 35.6. The molecular weight excluding hydrogens is 344 g/mol. The summed E-state index contributed by atoms with van der Waals surface area (Å²) in [6, 6.07) is 8.67. The van der Waals surface area contributed by atoms with Crippen molar-refractivity contribution in [2.45, 2.75) is 49.3 Å². The second kappa shape index (κ2) is 6.76. The van der Waals surface area contributed by atoms with Crippen LogP contribution in [0.5, 0.6) is 0 Å². The lowest BCUT2D eigenvalue weighted by atomic mass is 9.89. The molecule has 3 aliphatic heterocycles. The molecule has 3 saturated heterocycles. The fraction of sp³-hybridized carbons (Fsp3) is 0.667. The van der Waals surface area contributed by atoms with E-state index in [0.29, 0.717) is 32.9 Å². The average molecular weight is 372 g/mol. The van der Waals surface area contributed by atoms with Crippen molar-refractivity contribution in [3.8, 4) is 0 Å². The number of aryl methyl sites for hydroxylation is 1. The maximum absolute atomic E-state index is 13.0. The summed E-state index contributed by atoms with van der Waals surface area (Å²) >= 11 is 0. The second-order valence-corrected chi connectivity index (χ2v) is 8.39. The molecule has 1 aliphatic carbocycles. The van der Waals surface area contributed by atoms with Crippen LogP contribution in [0, 0.1) is 0 Å². The third kappa shape index (κ3) is 3.13. The molecular formula is C21H28N2O4. The highest BCUT2D eigenvalue weighted by atomic mass is 16.6. The zero-order chi connectivity index (χ0) is 18.3. The van der Waals surface area contributed by atoms with Gasteiger partial charge in [-0.15, -0.1) is 0 Å². The zero-order valence-corrected chi connectivity index (χ0v) is 15.7. The highest BCUT2D eigenvalue weighted by molar-refractivity contribution is 5.75. The summed E-state index contributed by atoms with van der Waals surface area (Å²) in [4.78, 5) is 15.0. The van der Waals surface area contributed by atoms with Gasteiger partial charge >= 0.3 is 6.03 Å². The van der Waals surface area contributed by atoms with Crippen molar-refractivity contribution in [3.63, 3.8) is 0 Å². The fourth-order valence-electron chi connectivity index (χ4n) is 5.21. The number of morpholine rings is 1. The van der Waals surface area contributed by atoms with Crippen molar-refractivity contribution in [1.82, 2.24) is 10.2 Å². The molecule has 0 aromatic heterocycles. The Hall–Kier alpha value is -1.63. The first kappa shape index (κ1) is 17.5. The summed E-state index contributed by atoms with van der Waals surface area (Å²) < 4.78 is 17.8. The van der Waals surface area contributed by atoms with Crippen LogP contribution in [0.4, 0.5) is 4.79 Å². The Morgan fingerprint density at radius 2 is 2.07 bits per heavy atom. The minimum Gasteiger partial charge on any atom is -0.378 e. The van der Waals surface area contributed by atoms with E-state index >= 15 is 0 Å². The Balaban J connectivity index is 1.26. The van der Waals surface area contributed by atoms with Gasteiger partial charge in [0.2, 0.25) is 0 Å². The van der Waals surface area contributed by atoms with Crippen LogP contribution in [0.25, 0.3) is 0 Å². The van der Waals surface area contributed by atoms with Crippen LogP contribution < -0.4 is 5.32 Å². The summed E-state index contributed by atoms with van der Waals surface area (Å²) in [6.07, 6.45) is 4.61. The summed E-state index contributed by atoms with van der Waals surface area (Å²) in [7, 11) is 0. The largest absolute Gasteiger partial charge is 0.378 e. The molecule has 0 bridgehead atoms. The predicted molar refractivity (Wildman–Crippen MR) is 99.6 cm³/mol. The van der Waals surface area contributed by atoms with Gasteiger partial charge in [0.05, 0.1) is 25.4 Å². The Morgan fingerprint density at radius 1 is 1.15 bits per heavy atom.